The van der Waals surface area contributed by atoms with Gasteiger partial charge in [0, 0.05) is 30.4 Å². The average molecular weight is 256 g/mol. The van der Waals surface area contributed by atoms with E-state index in [1.54, 1.807) is 18.7 Å². The molecule has 5 heteroatoms. The summed E-state index contributed by atoms with van der Waals surface area (Å²) >= 11 is 3.29. The smallest absolute Gasteiger partial charge is 0.173 e. The fourth-order valence-electron chi connectivity index (χ4n) is 1.30. The number of nitrogens with two attached hydrogens (primary N) is 1. The van der Waals surface area contributed by atoms with Crippen molar-refractivity contribution in [3.05, 3.63) is 40.8 Å². The van der Waals surface area contributed by atoms with Crippen LogP contribution in [0.1, 0.15) is 17.4 Å². The summed E-state index contributed by atoms with van der Waals surface area (Å²) in [5, 5.41) is 0. The number of aromatic nitrogens is 2. The van der Waals surface area contributed by atoms with Crippen molar-refractivity contribution in [1.82, 2.24) is 9.97 Å². The van der Waals surface area contributed by atoms with Crippen molar-refractivity contribution < 1.29 is 4.42 Å². The highest BCUT2D eigenvalue weighted by Crippen LogP contribution is 2.24. The summed E-state index contributed by atoms with van der Waals surface area (Å²) in [5.74, 6) is 0.880. The normalized spacial score (nSPS) is 13.0. The van der Waals surface area contributed by atoms with Crippen molar-refractivity contribution in [2.24, 2.45) is 5.73 Å². The second-order valence-electron chi connectivity index (χ2n) is 3.00. The molecule has 0 saturated carbocycles. The van der Waals surface area contributed by atoms with E-state index in [0.717, 1.165) is 11.4 Å². The second-order valence-corrected chi connectivity index (χ2v) is 3.72. The van der Waals surface area contributed by atoms with Gasteiger partial charge in [0.1, 0.15) is 5.82 Å². The summed E-state index contributed by atoms with van der Waals surface area (Å²) in [6.45, 7) is 0. The van der Waals surface area contributed by atoms with Gasteiger partial charge in [-0.3, -0.25) is 0 Å². The zero-order chi connectivity index (χ0) is 9.97. The van der Waals surface area contributed by atoms with E-state index >= 15 is 0 Å². The standard InChI is InChI=1S/C9H10BrN3O/c10-9-6(1-4-14-9)7(11)5-8-12-2-3-13-8/h1-4,7H,5,11H2,(H,12,13). The minimum absolute atomic E-state index is 0.103. The van der Waals surface area contributed by atoms with Gasteiger partial charge in [-0.25, -0.2) is 4.98 Å². The number of hydrogen-bond donors (Lipinski definition) is 2. The van der Waals surface area contributed by atoms with Crippen molar-refractivity contribution in [3.8, 4) is 0 Å². The number of rotatable bonds is 3. The third kappa shape index (κ3) is 1.88. The zero-order valence-electron chi connectivity index (χ0n) is 7.40. The Labute approximate surface area is 89.6 Å². The average Bonchev–Trinajstić information content (AvgIpc) is 2.75. The quantitative estimate of drug-likeness (QED) is 0.882. The van der Waals surface area contributed by atoms with Crippen molar-refractivity contribution in [2.75, 3.05) is 0 Å². The van der Waals surface area contributed by atoms with Crippen LogP contribution in [0.3, 0.4) is 0 Å². The highest BCUT2D eigenvalue weighted by atomic mass is 79.9. The van der Waals surface area contributed by atoms with Gasteiger partial charge in [0.2, 0.25) is 0 Å². The van der Waals surface area contributed by atoms with Gasteiger partial charge >= 0.3 is 0 Å². The number of halogens is 1. The fourth-order valence-corrected chi connectivity index (χ4v) is 1.83. The molecule has 0 bridgehead atoms. The van der Waals surface area contributed by atoms with Crippen LogP contribution in [0.2, 0.25) is 0 Å². The van der Waals surface area contributed by atoms with Gasteiger partial charge < -0.3 is 15.1 Å². The molecular weight excluding hydrogens is 246 g/mol. The Balaban J connectivity index is 2.10. The second kappa shape index (κ2) is 3.98. The molecule has 0 amide bonds. The molecule has 4 nitrogen and oxygen atoms in total. The van der Waals surface area contributed by atoms with Crippen molar-refractivity contribution in [1.29, 1.82) is 0 Å². The van der Waals surface area contributed by atoms with Crippen molar-refractivity contribution in [3.63, 3.8) is 0 Å². The Morgan fingerprint density at radius 1 is 1.64 bits per heavy atom. The summed E-state index contributed by atoms with van der Waals surface area (Å²) in [4.78, 5) is 7.13. The largest absolute Gasteiger partial charge is 0.457 e. The highest BCUT2D eigenvalue weighted by Gasteiger charge is 2.13. The maximum Gasteiger partial charge on any atom is 0.173 e. The molecule has 0 fully saturated rings. The molecule has 14 heavy (non-hydrogen) atoms. The first kappa shape index (κ1) is 9.48. The molecule has 0 aliphatic carbocycles. The molecule has 2 heterocycles. The summed E-state index contributed by atoms with van der Waals surface area (Å²) in [7, 11) is 0. The summed E-state index contributed by atoms with van der Waals surface area (Å²) in [6, 6.07) is 1.76. The van der Waals surface area contributed by atoms with Crippen LogP contribution < -0.4 is 5.73 Å². The lowest BCUT2D eigenvalue weighted by Crippen LogP contribution is -2.13. The lowest BCUT2D eigenvalue weighted by Gasteiger charge is -2.07. The fraction of sp³-hybridized carbons (Fsp3) is 0.222. The lowest BCUT2D eigenvalue weighted by molar-refractivity contribution is 0.530. The Morgan fingerprint density at radius 2 is 2.50 bits per heavy atom. The molecule has 3 N–H and O–H groups in total. The van der Waals surface area contributed by atoms with Gasteiger partial charge in [0.05, 0.1) is 6.26 Å². The van der Waals surface area contributed by atoms with E-state index in [9.17, 15) is 0 Å². The van der Waals surface area contributed by atoms with Crippen LogP contribution in [-0.4, -0.2) is 9.97 Å². The van der Waals surface area contributed by atoms with E-state index in [1.165, 1.54) is 0 Å². The molecule has 1 unspecified atom stereocenters. The maximum atomic E-state index is 5.98. The number of aromatic amines is 1. The summed E-state index contributed by atoms with van der Waals surface area (Å²) in [6.07, 6.45) is 5.78. The number of imidazole rings is 1. The van der Waals surface area contributed by atoms with E-state index in [1.807, 2.05) is 6.07 Å². The maximum absolute atomic E-state index is 5.98. The first-order valence-corrected chi connectivity index (χ1v) is 5.03. The number of hydrogen-bond acceptors (Lipinski definition) is 3. The molecule has 0 aromatic carbocycles. The van der Waals surface area contributed by atoms with E-state index in [-0.39, 0.29) is 6.04 Å². The number of nitrogens with one attached hydrogen (secondary N) is 1. The van der Waals surface area contributed by atoms with Gasteiger partial charge in [-0.05, 0) is 22.0 Å². The van der Waals surface area contributed by atoms with Crippen LogP contribution >= 0.6 is 15.9 Å². The molecule has 0 saturated heterocycles. The molecule has 0 aliphatic heterocycles. The highest BCUT2D eigenvalue weighted by molar-refractivity contribution is 9.10. The van der Waals surface area contributed by atoms with Gasteiger partial charge in [-0.2, -0.15) is 0 Å². The van der Waals surface area contributed by atoms with Crippen LogP contribution in [0.15, 0.2) is 33.8 Å². The van der Waals surface area contributed by atoms with Crippen LogP contribution in [0.25, 0.3) is 0 Å². The third-order valence-electron chi connectivity index (χ3n) is 2.01. The SMILES string of the molecule is NC(Cc1ncc[nH]1)c1ccoc1Br. The first-order valence-electron chi connectivity index (χ1n) is 4.24. The van der Waals surface area contributed by atoms with E-state index in [4.69, 9.17) is 10.2 Å². The predicted molar refractivity (Wildman–Crippen MR) is 55.6 cm³/mol. The molecule has 0 radical (unpaired) electrons. The van der Waals surface area contributed by atoms with Crippen LogP contribution in [0, 0.1) is 0 Å². The number of furan rings is 1. The summed E-state index contributed by atoms with van der Waals surface area (Å²) in [5.41, 5.74) is 6.94. The molecule has 2 aromatic heterocycles. The number of nitrogens with zero attached hydrogens (tertiary/aromatic N) is 1. The van der Waals surface area contributed by atoms with Crippen molar-refractivity contribution >= 4 is 15.9 Å². The Hall–Kier alpha value is -1.07. The molecule has 0 aliphatic rings. The van der Waals surface area contributed by atoms with Crippen LogP contribution in [0.5, 0.6) is 0 Å². The molecule has 0 spiro atoms. The van der Waals surface area contributed by atoms with Gasteiger partial charge in [0.15, 0.2) is 4.67 Å². The van der Waals surface area contributed by atoms with E-state index in [2.05, 4.69) is 25.9 Å². The van der Waals surface area contributed by atoms with Gasteiger partial charge in [0.25, 0.3) is 0 Å². The van der Waals surface area contributed by atoms with Gasteiger partial charge in [-0.1, -0.05) is 0 Å². The Bertz CT molecular complexity index is 396. The minimum atomic E-state index is -0.103. The minimum Gasteiger partial charge on any atom is -0.457 e. The third-order valence-corrected chi connectivity index (χ3v) is 2.66. The molecule has 1 atom stereocenters. The summed E-state index contributed by atoms with van der Waals surface area (Å²) < 4.78 is 5.80. The molecule has 2 rings (SSSR count). The van der Waals surface area contributed by atoms with Crippen LogP contribution in [0.4, 0.5) is 0 Å². The monoisotopic (exact) mass is 255 g/mol. The van der Waals surface area contributed by atoms with Gasteiger partial charge in [-0.15, -0.1) is 0 Å². The number of H-pyrrole nitrogens is 1. The lowest BCUT2D eigenvalue weighted by atomic mass is 10.1. The van der Waals surface area contributed by atoms with Crippen molar-refractivity contribution in [2.45, 2.75) is 12.5 Å². The molecular formula is C9H10BrN3O. The molecule has 2 aromatic rings. The van der Waals surface area contributed by atoms with Crippen LogP contribution in [-0.2, 0) is 6.42 Å². The first-order chi connectivity index (χ1) is 6.77. The predicted octanol–water partition coefficient (Wildman–Crippen LogP) is 2.01. The topological polar surface area (TPSA) is 67.8 Å². The van der Waals surface area contributed by atoms with E-state index < -0.39 is 0 Å². The molecule has 74 valence electrons. The zero-order valence-corrected chi connectivity index (χ0v) is 8.99. The Morgan fingerprint density at radius 3 is 3.07 bits per heavy atom. The van der Waals surface area contributed by atoms with E-state index in [0.29, 0.717) is 11.1 Å². The Kier molecular flexibility index (Phi) is 2.69.